The van der Waals surface area contributed by atoms with Gasteiger partial charge in [-0.1, -0.05) is 60.6 Å². The van der Waals surface area contributed by atoms with Gasteiger partial charge in [-0.05, 0) is 109 Å². The fraction of sp³-hybridized carbons (Fsp3) is 0.415. The molecule has 3 aliphatic rings. The summed E-state index contributed by atoms with van der Waals surface area (Å²) in [4.78, 5) is 35.5. The number of nitrogens with zero attached hydrogens (tertiary/aromatic N) is 7. The topological polar surface area (TPSA) is 69.4 Å². The molecule has 1 amide bonds. The Morgan fingerprint density at radius 1 is 1.02 bits per heavy atom. The second-order valence-corrected chi connectivity index (χ2v) is 15.5. The van der Waals surface area contributed by atoms with Crippen LogP contribution in [0, 0.1) is 10.1 Å². The van der Waals surface area contributed by atoms with E-state index >= 15 is 0 Å². The third-order valence-corrected chi connectivity index (χ3v) is 12.1. The summed E-state index contributed by atoms with van der Waals surface area (Å²) >= 11 is 9.20. The Hall–Kier alpha value is -3.92. The molecular weight excluding hydrogens is 789 g/mol. The van der Waals surface area contributed by atoms with E-state index in [-0.39, 0.29) is 18.5 Å². The molecule has 0 spiro atoms. The molecule has 0 aliphatic carbocycles. The average molecular weight is 834 g/mol. The van der Waals surface area contributed by atoms with Gasteiger partial charge in [-0.2, -0.15) is 9.97 Å². The van der Waals surface area contributed by atoms with Gasteiger partial charge in [-0.3, -0.25) is 9.69 Å². The fourth-order valence-electron chi connectivity index (χ4n) is 8.06. The molecule has 52 heavy (non-hydrogen) atoms. The number of anilines is 2. The Kier molecular flexibility index (Phi) is 11.8. The van der Waals surface area contributed by atoms with E-state index in [4.69, 9.17) is 32.9 Å². The lowest BCUT2D eigenvalue weighted by atomic mass is 10.0. The van der Waals surface area contributed by atoms with E-state index in [0.29, 0.717) is 44.8 Å². The maximum atomic E-state index is 12.7. The predicted molar refractivity (Wildman–Crippen MR) is 217 cm³/mol. The molecule has 0 N–H and O–H groups in total. The zero-order valence-corrected chi connectivity index (χ0v) is 32.4. The van der Waals surface area contributed by atoms with Crippen LogP contribution in [0.1, 0.15) is 42.5 Å². The van der Waals surface area contributed by atoms with Crippen molar-refractivity contribution in [1.29, 1.82) is 0 Å². The molecule has 0 unspecified atom stereocenters. The van der Waals surface area contributed by atoms with E-state index in [1.807, 2.05) is 12.1 Å². The monoisotopic (exact) mass is 833 g/mol. The Morgan fingerprint density at radius 2 is 1.87 bits per heavy atom. The van der Waals surface area contributed by atoms with Gasteiger partial charge in [-0.25, -0.2) is 6.57 Å². The van der Waals surface area contributed by atoms with Gasteiger partial charge in [0.25, 0.3) is 0 Å². The Morgan fingerprint density at radius 3 is 2.69 bits per heavy atom. The molecule has 4 aromatic rings. The number of hydrogen-bond acceptors (Lipinski definition) is 7. The number of likely N-dealkylation sites (tertiary alicyclic amines) is 1. The molecule has 4 heterocycles. The van der Waals surface area contributed by atoms with Crippen LogP contribution in [0.5, 0.6) is 6.01 Å². The van der Waals surface area contributed by atoms with E-state index in [9.17, 15) is 4.79 Å². The molecule has 0 bridgehead atoms. The summed E-state index contributed by atoms with van der Waals surface area (Å²) in [5.41, 5.74) is 4.57. The number of benzene rings is 3. The van der Waals surface area contributed by atoms with Gasteiger partial charge in [0.15, 0.2) is 0 Å². The van der Waals surface area contributed by atoms with Crippen molar-refractivity contribution in [2.45, 2.75) is 57.2 Å². The number of halogens is 2. The Bertz CT molecular complexity index is 1960. The largest absolute Gasteiger partial charge is 0.462 e. The summed E-state index contributed by atoms with van der Waals surface area (Å²) in [5.74, 6) is 0.720. The van der Waals surface area contributed by atoms with Crippen molar-refractivity contribution in [2.75, 3.05) is 62.2 Å². The number of amides is 1. The smallest absolute Gasteiger partial charge is 0.318 e. The van der Waals surface area contributed by atoms with Crippen molar-refractivity contribution in [3.63, 3.8) is 0 Å². The number of unbranched alkanes of at least 4 members (excludes halogenated alkanes) is 1. The number of carbonyl (C=O) groups excluding carboxylic acids is 1. The van der Waals surface area contributed by atoms with E-state index in [0.717, 1.165) is 83.9 Å². The maximum Gasteiger partial charge on any atom is 0.318 e. The molecule has 3 aliphatic heterocycles. The van der Waals surface area contributed by atoms with Crippen LogP contribution in [0.3, 0.4) is 0 Å². The minimum Gasteiger partial charge on any atom is -0.462 e. The van der Waals surface area contributed by atoms with E-state index in [1.54, 1.807) is 4.90 Å². The van der Waals surface area contributed by atoms with Crippen molar-refractivity contribution in [1.82, 2.24) is 19.8 Å². The van der Waals surface area contributed by atoms with Gasteiger partial charge in [0.05, 0.1) is 17.3 Å². The minimum absolute atomic E-state index is 0.137. The minimum atomic E-state index is -0.248. The highest BCUT2D eigenvalue weighted by Gasteiger charge is 2.35. The van der Waals surface area contributed by atoms with Crippen LogP contribution < -0.4 is 14.5 Å². The van der Waals surface area contributed by atoms with Gasteiger partial charge >= 0.3 is 6.01 Å². The first-order chi connectivity index (χ1) is 25.4. The SMILES string of the molecule is [C-]#[N+]C[C@H]1CN(c2nc(OC[C@@H]3CCCN3CCCCc3ccccc3[131I])nc3c2CCN(c2cccc4cccc(Cl)c24)C3)CCN1C(=O)C=C. The van der Waals surface area contributed by atoms with Gasteiger partial charge < -0.3 is 24.3 Å². The highest BCUT2D eigenvalue weighted by molar-refractivity contribution is 14.1. The van der Waals surface area contributed by atoms with Crippen molar-refractivity contribution >= 4 is 62.4 Å². The second kappa shape index (κ2) is 16.8. The molecule has 2 fully saturated rings. The number of ether oxygens (including phenoxy) is 1. The van der Waals surface area contributed by atoms with E-state index < -0.39 is 0 Å². The molecule has 11 heteroatoms. The summed E-state index contributed by atoms with van der Waals surface area (Å²) < 4.78 is 7.88. The lowest BCUT2D eigenvalue weighted by Gasteiger charge is -2.41. The summed E-state index contributed by atoms with van der Waals surface area (Å²) in [7, 11) is 0. The van der Waals surface area contributed by atoms with Crippen LogP contribution >= 0.6 is 34.2 Å². The average Bonchev–Trinajstić information content (AvgIpc) is 3.62. The Balaban J connectivity index is 1.11. The third-order valence-electron chi connectivity index (χ3n) is 10.7. The third kappa shape index (κ3) is 8.02. The van der Waals surface area contributed by atoms with Gasteiger partial charge in [-0.15, -0.1) is 0 Å². The van der Waals surface area contributed by atoms with Crippen molar-refractivity contribution in [3.8, 4) is 6.01 Å². The predicted octanol–water partition coefficient (Wildman–Crippen LogP) is 7.44. The zero-order chi connectivity index (χ0) is 36.0. The molecule has 3 aromatic carbocycles. The molecule has 2 saturated heterocycles. The number of rotatable bonds is 12. The van der Waals surface area contributed by atoms with Crippen molar-refractivity contribution in [2.24, 2.45) is 0 Å². The lowest BCUT2D eigenvalue weighted by Crippen LogP contribution is -2.56. The highest BCUT2D eigenvalue weighted by Crippen LogP contribution is 2.37. The molecule has 9 nitrogen and oxygen atoms in total. The highest BCUT2D eigenvalue weighted by atomic mass is 131. The first kappa shape index (κ1) is 36.4. The van der Waals surface area contributed by atoms with Gasteiger partial charge in [0, 0.05) is 52.4 Å². The van der Waals surface area contributed by atoms with Gasteiger partial charge in [0.1, 0.15) is 18.5 Å². The quantitative estimate of drug-likeness (QED) is 0.0637. The molecule has 7 rings (SSSR count). The molecule has 1 aromatic heterocycles. The normalized spacial score (nSPS) is 19.1. The van der Waals surface area contributed by atoms with Crippen LogP contribution in [-0.2, 0) is 24.2 Å². The molecule has 2 atom stereocenters. The molecule has 270 valence electrons. The number of hydrogen-bond donors (Lipinski definition) is 0. The standard InChI is InChI=1S/C41H45ClIN7O2/c1-3-38(51)50-24-23-49(26-32(50)25-44-2)40-33-19-22-48(37-18-9-14-30-13-8-16-34(42)39(30)37)27-36(33)45-41(46-40)52-28-31-15-10-21-47(31)20-7-6-12-29-11-4-5-17-35(29)43/h3-5,8-9,11,13-14,16-18,31-32H,1,6-7,10,12,15,19-28H2/t31-,32-/m0/s1/i43+4. The Labute approximate surface area is 325 Å². The molecular formula is C41H45ClIN7O2. The van der Waals surface area contributed by atoms with Crippen molar-refractivity contribution < 1.29 is 9.53 Å². The van der Waals surface area contributed by atoms with Crippen LogP contribution in [0.15, 0.2) is 73.3 Å². The van der Waals surface area contributed by atoms with Crippen LogP contribution in [-0.4, -0.2) is 90.2 Å². The van der Waals surface area contributed by atoms with Crippen molar-refractivity contribution in [3.05, 3.63) is 110 Å². The number of carbonyl (C=O) groups is 1. The number of aryl methyl sites for hydroxylation is 1. The summed E-state index contributed by atoms with van der Waals surface area (Å²) in [5, 5.41) is 2.89. The van der Waals surface area contributed by atoms with Crippen LogP contribution in [0.2, 0.25) is 5.02 Å². The van der Waals surface area contributed by atoms with E-state index in [2.05, 4.69) is 97.2 Å². The van der Waals surface area contributed by atoms with Crippen LogP contribution in [0.25, 0.3) is 15.6 Å². The van der Waals surface area contributed by atoms with E-state index in [1.165, 1.54) is 28.1 Å². The lowest BCUT2D eigenvalue weighted by molar-refractivity contribution is -0.128. The number of piperazine rings is 1. The first-order valence-corrected chi connectivity index (χ1v) is 19.8. The number of fused-ring (bicyclic) bond motifs is 2. The summed E-state index contributed by atoms with van der Waals surface area (Å²) in [6.07, 6.45) is 7.79. The molecule has 0 radical (unpaired) electrons. The number of aromatic nitrogens is 2. The maximum absolute atomic E-state index is 12.7. The zero-order valence-electron chi connectivity index (χ0n) is 29.5. The fourth-order valence-corrected chi connectivity index (χ4v) is 8.99. The van der Waals surface area contributed by atoms with Gasteiger partial charge in [0.2, 0.25) is 12.5 Å². The summed E-state index contributed by atoms with van der Waals surface area (Å²) in [6.45, 7) is 17.2. The summed E-state index contributed by atoms with van der Waals surface area (Å²) in [6, 6.07) is 21.5. The second-order valence-electron chi connectivity index (χ2n) is 13.9. The molecule has 0 saturated carbocycles. The first-order valence-electron chi connectivity index (χ1n) is 18.4. The van der Waals surface area contributed by atoms with Crippen LogP contribution in [0.4, 0.5) is 11.5 Å².